The van der Waals surface area contributed by atoms with E-state index in [0.717, 1.165) is 17.5 Å². The van der Waals surface area contributed by atoms with E-state index >= 15 is 0 Å². The third-order valence-corrected chi connectivity index (χ3v) is 5.65. The molecule has 0 aliphatic carbocycles. The smallest absolute Gasteiger partial charge is 0.228 e. The number of nitrogens with one attached hydrogen (secondary N) is 1. The van der Waals surface area contributed by atoms with Crippen molar-refractivity contribution in [2.45, 2.75) is 25.5 Å². The minimum atomic E-state index is -0.204. The minimum Gasteiger partial charge on any atom is -0.373 e. The number of ether oxygens (including phenoxy) is 1. The molecule has 3 aromatic carbocycles. The van der Waals surface area contributed by atoms with E-state index in [4.69, 9.17) is 4.74 Å². The molecule has 0 saturated heterocycles. The average molecular weight is 397 g/mol. The Morgan fingerprint density at radius 1 is 1.03 bits per heavy atom. The number of carbonyl (C=O) groups excluding carboxylic acids is 1. The van der Waals surface area contributed by atoms with Gasteiger partial charge in [0.1, 0.15) is 5.82 Å². The molecule has 1 aliphatic rings. The SMILES string of the molecule is O=C(CC1OCCc2ccccc21)Nc1ccnn1Cc1cccc2ccccc12. The summed E-state index contributed by atoms with van der Waals surface area (Å²) in [5.74, 6) is 0.619. The first-order valence-corrected chi connectivity index (χ1v) is 10.3. The number of anilines is 1. The van der Waals surface area contributed by atoms with Gasteiger partial charge in [-0.1, -0.05) is 66.7 Å². The van der Waals surface area contributed by atoms with Crippen molar-refractivity contribution in [1.82, 2.24) is 9.78 Å². The summed E-state index contributed by atoms with van der Waals surface area (Å²) in [7, 11) is 0. The molecule has 1 aromatic heterocycles. The topological polar surface area (TPSA) is 56.1 Å². The van der Waals surface area contributed by atoms with Crippen molar-refractivity contribution in [2.75, 3.05) is 11.9 Å². The molecule has 4 aromatic rings. The van der Waals surface area contributed by atoms with Crippen LogP contribution in [0.1, 0.15) is 29.2 Å². The highest BCUT2D eigenvalue weighted by Crippen LogP contribution is 2.30. The highest BCUT2D eigenvalue weighted by molar-refractivity contribution is 5.90. The molecule has 1 aliphatic heterocycles. The number of rotatable bonds is 5. The van der Waals surface area contributed by atoms with Gasteiger partial charge in [0.15, 0.2) is 0 Å². The van der Waals surface area contributed by atoms with Gasteiger partial charge in [-0.05, 0) is 33.9 Å². The summed E-state index contributed by atoms with van der Waals surface area (Å²) >= 11 is 0. The van der Waals surface area contributed by atoms with Crippen molar-refractivity contribution in [3.8, 4) is 0 Å². The summed E-state index contributed by atoms with van der Waals surface area (Å²) in [5, 5.41) is 9.83. The van der Waals surface area contributed by atoms with Gasteiger partial charge in [-0.2, -0.15) is 5.10 Å². The van der Waals surface area contributed by atoms with E-state index in [1.807, 2.05) is 35.0 Å². The standard InChI is InChI=1S/C25H23N3O2/c29-25(16-23-22-11-4-2-7-19(22)13-15-30-23)27-24-12-14-26-28(24)17-20-9-5-8-18-6-1-3-10-21(18)20/h1-12,14,23H,13,15-17H2,(H,27,29). The first-order valence-electron chi connectivity index (χ1n) is 10.3. The molecule has 1 amide bonds. The van der Waals surface area contributed by atoms with Gasteiger partial charge in [-0.25, -0.2) is 4.68 Å². The number of amides is 1. The van der Waals surface area contributed by atoms with Crippen LogP contribution in [0.4, 0.5) is 5.82 Å². The van der Waals surface area contributed by atoms with Crippen LogP contribution in [-0.4, -0.2) is 22.3 Å². The predicted octanol–water partition coefficient (Wildman–Crippen LogP) is 4.73. The molecule has 0 radical (unpaired) electrons. The van der Waals surface area contributed by atoms with E-state index < -0.39 is 0 Å². The summed E-state index contributed by atoms with van der Waals surface area (Å²) in [6.45, 7) is 1.24. The lowest BCUT2D eigenvalue weighted by atomic mass is 9.96. The number of aromatic nitrogens is 2. The van der Waals surface area contributed by atoms with Crippen molar-refractivity contribution in [3.63, 3.8) is 0 Å². The molecule has 1 atom stereocenters. The third kappa shape index (κ3) is 3.72. The van der Waals surface area contributed by atoms with Crippen LogP contribution in [0.3, 0.4) is 0 Å². The minimum absolute atomic E-state index is 0.0728. The van der Waals surface area contributed by atoms with Crippen molar-refractivity contribution in [2.24, 2.45) is 0 Å². The highest BCUT2D eigenvalue weighted by atomic mass is 16.5. The van der Waals surface area contributed by atoms with E-state index in [0.29, 0.717) is 19.0 Å². The fraction of sp³-hybridized carbons (Fsp3) is 0.200. The lowest BCUT2D eigenvalue weighted by Crippen LogP contribution is -2.23. The number of carbonyl (C=O) groups is 1. The van der Waals surface area contributed by atoms with Crippen LogP contribution < -0.4 is 5.32 Å². The molecule has 0 bridgehead atoms. The Morgan fingerprint density at radius 2 is 1.87 bits per heavy atom. The summed E-state index contributed by atoms with van der Waals surface area (Å²) in [6.07, 6.45) is 2.69. The van der Waals surface area contributed by atoms with Gasteiger partial charge in [-0.15, -0.1) is 0 Å². The Labute approximate surface area is 175 Å². The molecule has 0 saturated carbocycles. The fourth-order valence-electron chi connectivity index (χ4n) is 4.16. The third-order valence-electron chi connectivity index (χ3n) is 5.65. The van der Waals surface area contributed by atoms with Crippen molar-refractivity contribution in [3.05, 3.63) is 95.7 Å². The van der Waals surface area contributed by atoms with Gasteiger partial charge in [-0.3, -0.25) is 4.79 Å². The van der Waals surface area contributed by atoms with E-state index in [-0.39, 0.29) is 18.4 Å². The van der Waals surface area contributed by atoms with Crippen LogP contribution in [0.15, 0.2) is 79.0 Å². The van der Waals surface area contributed by atoms with E-state index in [1.54, 1.807) is 6.20 Å². The molecule has 1 unspecified atom stereocenters. The molecule has 30 heavy (non-hydrogen) atoms. The number of nitrogens with zero attached hydrogens (tertiary/aromatic N) is 2. The molecule has 0 fully saturated rings. The molecule has 1 N–H and O–H groups in total. The fourth-order valence-corrected chi connectivity index (χ4v) is 4.16. The number of hydrogen-bond donors (Lipinski definition) is 1. The van der Waals surface area contributed by atoms with Gasteiger partial charge < -0.3 is 10.1 Å². The number of hydrogen-bond acceptors (Lipinski definition) is 3. The Bertz CT molecular complexity index is 1190. The number of fused-ring (bicyclic) bond motifs is 2. The molecule has 0 spiro atoms. The zero-order valence-electron chi connectivity index (χ0n) is 16.6. The molecule has 5 heteroatoms. The van der Waals surface area contributed by atoms with Gasteiger partial charge in [0, 0.05) is 6.07 Å². The second-order valence-corrected chi connectivity index (χ2v) is 7.57. The first kappa shape index (κ1) is 18.6. The summed E-state index contributed by atoms with van der Waals surface area (Å²) in [4.78, 5) is 12.8. The highest BCUT2D eigenvalue weighted by Gasteiger charge is 2.23. The Kier molecular flexibility index (Phi) is 5.03. The van der Waals surface area contributed by atoms with Crippen LogP contribution in [0.2, 0.25) is 0 Å². The van der Waals surface area contributed by atoms with Gasteiger partial charge >= 0.3 is 0 Å². The van der Waals surface area contributed by atoms with Crippen LogP contribution in [0, 0.1) is 0 Å². The van der Waals surface area contributed by atoms with E-state index in [9.17, 15) is 4.79 Å². The Hall–Kier alpha value is -3.44. The number of benzene rings is 3. The average Bonchev–Trinajstić information content (AvgIpc) is 3.20. The predicted molar refractivity (Wildman–Crippen MR) is 117 cm³/mol. The van der Waals surface area contributed by atoms with E-state index in [1.165, 1.54) is 16.3 Å². The van der Waals surface area contributed by atoms with Crippen LogP contribution in [-0.2, 0) is 22.5 Å². The summed E-state index contributed by atoms with van der Waals surface area (Å²) in [5.41, 5.74) is 3.54. The lowest BCUT2D eigenvalue weighted by molar-refractivity contribution is -0.119. The van der Waals surface area contributed by atoms with Gasteiger partial charge in [0.05, 0.1) is 31.9 Å². The Morgan fingerprint density at radius 3 is 2.83 bits per heavy atom. The molecular weight excluding hydrogens is 374 g/mol. The lowest BCUT2D eigenvalue weighted by Gasteiger charge is -2.25. The maximum atomic E-state index is 12.8. The zero-order chi connectivity index (χ0) is 20.3. The maximum Gasteiger partial charge on any atom is 0.228 e. The Balaban J connectivity index is 1.32. The molecular formula is C25H23N3O2. The molecule has 5 rings (SSSR count). The largest absolute Gasteiger partial charge is 0.373 e. The van der Waals surface area contributed by atoms with Crippen LogP contribution in [0.5, 0.6) is 0 Å². The maximum absolute atomic E-state index is 12.8. The van der Waals surface area contributed by atoms with Crippen molar-refractivity contribution >= 4 is 22.5 Å². The van der Waals surface area contributed by atoms with Gasteiger partial charge in [0.2, 0.25) is 5.91 Å². The monoisotopic (exact) mass is 397 g/mol. The van der Waals surface area contributed by atoms with Crippen molar-refractivity contribution < 1.29 is 9.53 Å². The zero-order valence-corrected chi connectivity index (χ0v) is 16.6. The second kappa shape index (κ2) is 8.13. The van der Waals surface area contributed by atoms with E-state index in [2.05, 4.69) is 52.9 Å². The van der Waals surface area contributed by atoms with Crippen LogP contribution >= 0.6 is 0 Å². The van der Waals surface area contributed by atoms with Crippen molar-refractivity contribution in [1.29, 1.82) is 0 Å². The molecule has 2 heterocycles. The second-order valence-electron chi connectivity index (χ2n) is 7.57. The molecule has 5 nitrogen and oxygen atoms in total. The molecule has 150 valence electrons. The normalized spacial score (nSPS) is 15.7. The summed E-state index contributed by atoms with van der Waals surface area (Å²) in [6, 6.07) is 24.6. The quantitative estimate of drug-likeness (QED) is 0.530. The van der Waals surface area contributed by atoms with Crippen LogP contribution in [0.25, 0.3) is 10.8 Å². The van der Waals surface area contributed by atoms with Gasteiger partial charge in [0.25, 0.3) is 0 Å². The first-order chi connectivity index (χ1) is 14.8. The summed E-state index contributed by atoms with van der Waals surface area (Å²) < 4.78 is 7.71.